The molecule has 15 nitrogen and oxygen atoms in total. The lowest BCUT2D eigenvalue weighted by atomic mass is 9.94. The third kappa shape index (κ3) is 11.3. The number of nitrogens with one attached hydrogen (secondary N) is 1. The van der Waals surface area contributed by atoms with Gasteiger partial charge in [-0.1, -0.05) is 109 Å². The lowest BCUT2D eigenvalue weighted by Crippen LogP contribution is -2.61. The van der Waals surface area contributed by atoms with Gasteiger partial charge in [-0.05, 0) is 75.1 Å². The van der Waals surface area contributed by atoms with E-state index in [1.54, 1.807) is 19.0 Å². The smallest absolute Gasteiger partial charge is 0.257 e. The molecule has 2 saturated heterocycles. The molecule has 3 aliphatic heterocycles. The highest BCUT2D eigenvalue weighted by Crippen LogP contribution is 2.32. The maximum atomic E-state index is 14.9. The Hall–Kier alpha value is -5.57. The summed E-state index contributed by atoms with van der Waals surface area (Å²) in [6, 6.07) is 13.2. The van der Waals surface area contributed by atoms with Crippen molar-refractivity contribution in [3.8, 4) is 0 Å². The van der Waals surface area contributed by atoms with Crippen LogP contribution in [0.3, 0.4) is 0 Å². The lowest BCUT2D eigenvalue weighted by Gasteiger charge is -2.40. The SMILES string of the molecule is CCC(C)[C@@H](C(=O)N1CCC[C@H]1C(=O)N1C(=O)C=C(OC)[C@@H]1C(C)C)N(C)C(=O)[C@@H]1CCCN1C(=O)[C@H](C(C)C)N(C)C(=O)[C@@H](Cc1ccccc1)NC(=O)[C@H](Cc1ccccc1)N(C)C. The average molecular weight is 912 g/mol. The molecule has 15 heteroatoms. The molecule has 0 radical (unpaired) electrons. The third-order valence-electron chi connectivity index (χ3n) is 13.8. The van der Waals surface area contributed by atoms with Crippen LogP contribution < -0.4 is 5.32 Å². The first-order valence-corrected chi connectivity index (χ1v) is 23.7. The van der Waals surface area contributed by atoms with Gasteiger partial charge in [0.15, 0.2) is 0 Å². The Morgan fingerprint density at radius 3 is 1.79 bits per heavy atom. The topological polar surface area (TPSA) is 160 Å². The van der Waals surface area contributed by atoms with Crippen LogP contribution in [0.1, 0.15) is 84.8 Å². The number of likely N-dealkylation sites (N-methyl/N-ethyl adjacent to an activating group) is 3. The molecule has 3 heterocycles. The van der Waals surface area contributed by atoms with Crippen molar-refractivity contribution in [3.05, 3.63) is 83.6 Å². The van der Waals surface area contributed by atoms with E-state index in [0.29, 0.717) is 50.8 Å². The number of likely N-dealkylation sites (tertiary alicyclic amines) is 2. The molecule has 5 rings (SSSR count). The third-order valence-corrected chi connectivity index (χ3v) is 13.8. The van der Waals surface area contributed by atoms with E-state index < -0.39 is 65.9 Å². The van der Waals surface area contributed by atoms with Crippen LogP contribution in [0.5, 0.6) is 0 Å². The summed E-state index contributed by atoms with van der Waals surface area (Å²) in [6.45, 7) is 11.9. The molecular weight excluding hydrogens is 839 g/mol. The number of ether oxygens (including phenoxy) is 1. The van der Waals surface area contributed by atoms with E-state index in [2.05, 4.69) is 5.32 Å². The molecule has 3 aliphatic rings. The minimum Gasteiger partial charge on any atom is -0.499 e. The van der Waals surface area contributed by atoms with Crippen molar-refractivity contribution in [1.82, 2.24) is 34.7 Å². The van der Waals surface area contributed by atoms with Crippen molar-refractivity contribution < 1.29 is 38.3 Å². The Morgan fingerprint density at radius 1 is 0.742 bits per heavy atom. The molecule has 2 aromatic carbocycles. The molecule has 1 N–H and O–H groups in total. The fourth-order valence-corrected chi connectivity index (χ4v) is 10.00. The number of hydrogen-bond donors (Lipinski definition) is 1. The molecule has 0 spiro atoms. The molecular formula is C51H73N7O8. The van der Waals surface area contributed by atoms with Crippen LogP contribution in [0.15, 0.2) is 72.5 Å². The molecule has 7 amide bonds. The summed E-state index contributed by atoms with van der Waals surface area (Å²) in [6.07, 6.45) is 4.36. The second kappa shape index (κ2) is 22.8. The molecule has 8 atom stereocenters. The van der Waals surface area contributed by atoms with Crippen molar-refractivity contribution in [2.75, 3.05) is 48.4 Å². The summed E-state index contributed by atoms with van der Waals surface area (Å²) in [7, 11) is 8.29. The van der Waals surface area contributed by atoms with E-state index in [4.69, 9.17) is 4.74 Å². The predicted molar refractivity (Wildman–Crippen MR) is 252 cm³/mol. The highest BCUT2D eigenvalue weighted by Gasteiger charge is 2.49. The first kappa shape index (κ1) is 51.4. The number of benzene rings is 2. The molecule has 2 fully saturated rings. The molecule has 360 valence electrons. The highest BCUT2D eigenvalue weighted by molar-refractivity contribution is 6.07. The van der Waals surface area contributed by atoms with Crippen LogP contribution in [-0.2, 0) is 51.1 Å². The number of rotatable bonds is 19. The summed E-state index contributed by atoms with van der Waals surface area (Å²) in [5, 5.41) is 3.05. The molecule has 0 bridgehead atoms. The van der Waals surface area contributed by atoms with E-state index in [-0.39, 0.29) is 48.4 Å². The minimum absolute atomic E-state index is 0.123. The van der Waals surface area contributed by atoms with Crippen LogP contribution in [0.25, 0.3) is 0 Å². The van der Waals surface area contributed by atoms with Crippen LogP contribution in [0.2, 0.25) is 0 Å². The number of imide groups is 1. The van der Waals surface area contributed by atoms with Crippen molar-refractivity contribution in [1.29, 1.82) is 0 Å². The standard InChI is InChI=1S/C51H73N7O8/c1-12-34(6)45(51(65)57-28-20-26-39(57)49(63)58-42(59)31-41(66-11)43(58)32(2)3)55(10)48(62)38-25-19-27-56(38)50(64)44(33(4)5)54(9)47(61)37(29-35-21-15-13-16-22-35)52-46(60)40(53(7)8)30-36-23-17-14-18-24-36/h13-18,21-24,31-34,37-40,43-45H,12,19-20,25-30H2,1-11H3,(H,52,60)/t34?,37-,38+,39+,40+,43+,44+,45+/m1/s1. The van der Waals surface area contributed by atoms with E-state index in [0.717, 1.165) is 11.1 Å². The Bertz CT molecular complexity index is 2080. The van der Waals surface area contributed by atoms with Crippen LogP contribution in [-0.4, -0.2) is 161 Å². The molecule has 1 unspecified atom stereocenters. The van der Waals surface area contributed by atoms with Gasteiger partial charge in [0.25, 0.3) is 11.8 Å². The van der Waals surface area contributed by atoms with E-state index in [1.165, 1.54) is 32.8 Å². The number of hydrogen-bond acceptors (Lipinski definition) is 9. The van der Waals surface area contributed by atoms with E-state index >= 15 is 0 Å². The maximum absolute atomic E-state index is 14.9. The molecule has 0 saturated carbocycles. The summed E-state index contributed by atoms with van der Waals surface area (Å²) < 4.78 is 5.48. The van der Waals surface area contributed by atoms with Crippen molar-refractivity contribution in [3.63, 3.8) is 0 Å². The van der Waals surface area contributed by atoms with Crippen LogP contribution in [0.4, 0.5) is 0 Å². The highest BCUT2D eigenvalue weighted by atomic mass is 16.5. The lowest BCUT2D eigenvalue weighted by molar-refractivity contribution is -0.157. The van der Waals surface area contributed by atoms with Gasteiger partial charge in [-0.25, -0.2) is 0 Å². The van der Waals surface area contributed by atoms with Crippen LogP contribution >= 0.6 is 0 Å². The van der Waals surface area contributed by atoms with Crippen molar-refractivity contribution in [2.45, 2.75) is 129 Å². The van der Waals surface area contributed by atoms with Gasteiger partial charge in [0.2, 0.25) is 29.5 Å². The quantitative estimate of drug-likeness (QED) is 0.205. The molecule has 2 aromatic rings. The first-order valence-electron chi connectivity index (χ1n) is 23.7. The zero-order chi connectivity index (χ0) is 48.6. The molecule has 66 heavy (non-hydrogen) atoms. The van der Waals surface area contributed by atoms with Crippen molar-refractivity contribution in [2.24, 2.45) is 17.8 Å². The fraction of sp³-hybridized carbons (Fsp3) is 0.588. The van der Waals surface area contributed by atoms with Crippen molar-refractivity contribution >= 4 is 41.4 Å². The van der Waals surface area contributed by atoms with Gasteiger partial charge in [0.05, 0.1) is 19.2 Å². The summed E-state index contributed by atoms with van der Waals surface area (Å²) in [5.74, 6) is -3.26. The second-order valence-corrected chi connectivity index (χ2v) is 19.2. The zero-order valence-electron chi connectivity index (χ0n) is 40.9. The average Bonchev–Trinajstić information content (AvgIpc) is 4.07. The largest absolute Gasteiger partial charge is 0.499 e. The van der Waals surface area contributed by atoms with Gasteiger partial charge in [-0.2, -0.15) is 0 Å². The van der Waals surface area contributed by atoms with Gasteiger partial charge in [0, 0.05) is 39.7 Å². The van der Waals surface area contributed by atoms with Gasteiger partial charge in [-0.3, -0.25) is 43.4 Å². The predicted octanol–water partition coefficient (Wildman–Crippen LogP) is 4.15. The number of carbonyl (C=O) groups is 7. The van der Waals surface area contributed by atoms with Gasteiger partial charge in [0.1, 0.15) is 36.0 Å². The van der Waals surface area contributed by atoms with E-state index in [1.807, 2.05) is 121 Å². The number of carbonyl (C=O) groups excluding carboxylic acids is 7. The summed E-state index contributed by atoms with van der Waals surface area (Å²) in [4.78, 5) is 110. The zero-order valence-corrected chi connectivity index (χ0v) is 40.9. The Kier molecular flexibility index (Phi) is 17.7. The number of nitrogens with zero attached hydrogens (tertiary/aromatic N) is 6. The summed E-state index contributed by atoms with van der Waals surface area (Å²) in [5.41, 5.74) is 1.82. The Morgan fingerprint density at radius 2 is 1.27 bits per heavy atom. The number of amides is 7. The Labute approximate surface area is 391 Å². The molecule has 0 aromatic heterocycles. The van der Waals surface area contributed by atoms with E-state index in [9.17, 15) is 33.6 Å². The summed E-state index contributed by atoms with van der Waals surface area (Å²) >= 11 is 0. The normalized spacial score (nSPS) is 20.8. The second-order valence-electron chi connectivity index (χ2n) is 19.2. The maximum Gasteiger partial charge on any atom is 0.257 e. The minimum atomic E-state index is -0.999. The van der Waals surface area contributed by atoms with Gasteiger partial charge < -0.3 is 29.7 Å². The first-order chi connectivity index (χ1) is 31.3. The monoisotopic (exact) mass is 912 g/mol. The Balaban J connectivity index is 1.36. The fourth-order valence-electron chi connectivity index (χ4n) is 10.00. The van der Waals surface area contributed by atoms with Gasteiger partial charge >= 0.3 is 0 Å². The van der Waals surface area contributed by atoms with Crippen LogP contribution in [0, 0.1) is 17.8 Å². The molecule has 0 aliphatic carbocycles. The van der Waals surface area contributed by atoms with Gasteiger partial charge in [-0.15, -0.1) is 0 Å². The number of methoxy groups -OCH3 is 1.